The van der Waals surface area contributed by atoms with Gasteiger partial charge in [-0.2, -0.15) is 0 Å². The first-order valence-electron chi connectivity index (χ1n) is 12.3. The van der Waals surface area contributed by atoms with E-state index in [1.807, 2.05) is 12.1 Å². The van der Waals surface area contributed by atoms with E-state index in [-0.39, 0.29) is 0 Å². The van der Waals surface area contributed by atoms with E-state index in [0.717, 1.165) is 21.9 Å². The number of benzene rings is 6. The number of rotatable bonds is 2. The van der Waals surface area contributed by atoms with Crippen LogP contribution in [0.25, 0.3) is 76.8 Å². The molecule has 0 atom stereocenters. The van der Waals surface area contributed by atoms with Crippen molar-refractivity contribution in [2.75, 3.05) is 0 Å². The number of furan rings is 1. The molecular formula is C34H21NO. The molecule has 0 saturated carbocycles. The molecule has 0 fully saturated rings. The van der Waals surface area contributed by atoms with Crippen LogP contribution in [0, 0.1) is 0 Å². The summed E-state index contributed by atoms with van der Waals surface area (Å²) in [5.41, 5.74) is 9.02. The average Bonchev–Trinajstić information content (AvgIpc) is 3.51. The van der Waals surface area contributed by atoms with Crippen LogP contribution in [0.15, 0.2) is 126 Å². The third kappa shape index (κ3) is 2.79. The molecule has 0 unspecified atom stereocenters. The maximum absolute atomic E-state index is 6.04. The molecule has 2 heteroatoms. The number of para-hydroxylation sites is 2. The monoisotopic (exact) mass is 459 g/mol. The van der Waals surface area contributed by atoms with Crippen LogP contribution in [-0.4, -0.2) is 4.98 Å². The van der Waals surface area contributed by atoms with Crippen molar-refractivity contribution in [3.05, 3.63) is 121 Å². The summed E-state index contributed by atoms with van der Waals surface area (Å²) in [5.74, 6) is 0. The van der Waals surface area contributed by atoms with E-state index in [9.17, 15) is 0 Å². The van der Waals surface area contributed by atoms with Gasteiger partial charge in [0.15, 0.2) is 0 Å². The van der Waals surface area contributed by atoms with Gasteiger partial charge in [0.05, 0.1) is 11.0 Å². The van der Waals surface area contributed by atoms with Gasteiger partial charge in [0.2, 0.25) is 0 Å². The van der Waals surface area contributed by atoms with Crippen molar-refractivity contribution in [3.8, 4) is 22.3 Å². The molecule has 6 aromatic carbocycles. The van der Waals surface area contributed by atoms with Crippen LogP contribution in [0.1, 0.15) is 0 Å². The quantitative estimate of drug-likeness (QED) is 0.274. The van der Waals surface area contributed by atoms with Gasteiger partial charge in [0, 0.05) is 32.5 Å². The molecule has 0 saturated heterocycles. The normalized spacial score (nSPS) is 11.9. The minimum absolute atomic E-state index is 0.922. The van der Waals surface area contributed by atoms with Crippen LogP contribution in [0.4, 0.5) is 0 Å². The van der Waals surface area contributed by atoms with Crippen molar-refractivity contribution >= 4 is 54.5 Å². The zero-order chi connectivity index (χ0) is 23.6. The van der Waals surface area contributed by atoms with Crippen molar-refractivity contribution < 1.29 is 4.42 Å². The van der Waals surface area contributed by atoms with Crippen LogP contribution in [-0.2, 0) is 0 Å². The Morgan fingerprint density at radius 2 is 1.14 bits per heavy atom. The third-order valence-electron chi connectivity index (χ3n) is 7.42. The Labute approximate surface area is 207 Å². The van der Waals surface area contributed by atoms with Gasteiger partial charge >= 0.3 is 0 Å². The van der Waals surface area contributed by atoms with E-state index in [4.69, 9.17) is 4.42 Å². The molecule has 0 aliphatic carbocycles. The molecule has 0 radical (unpaired) electrons. The van der Waals surface area contributed by atoms with Crippen molar-refractivity contribution in [1.29, 1.82) is 0 Å². The molecule has 0 bridgehead atoms. The zero-order valence-electron chi connectivity index (χ0n) is 19.5. The molecule has 2 heterocycles. The molecule has 0 aliphatic heterocycles. The van der Waals surface area contributed by atoms with Gasteiger partial charge in [0.1, 0.15) is 11.2 Å². The number of fused-ring (bicyclic) bond motifs is 8. The summed E-state index contributed by atoms with van der Waals surface area (Å²) >= 11 is 0. The second-order valence-corrected chi connectivity index (χ2v) is 9.45. The fourth-order valence-electron chi connectivity index (χ4n) is 5.68. The average molecular weight is 460 g/mol. The standard InChI is InChI=1S/C34H21NO/c1-2-10-25-21(7-1)15-17-29-28-13-6-12-26(34(28)35-33(25)29)24-9-5-8-22(19-24)23-16-18-32-30(20-23)27-11-3-4-14-31(27)36-32/h1-20,35H. The summed E-state index contributed by atoms with van der Waals surface area (Å²) in [6.45, 7) is 0. The van der Waals surface area contributed by atoms with E-state index < -0.39 is 0 Å². The van der Waals surface area contributed by atoms with Gasteiger partial charge in [0.25, 0.3) is 0 Å². The molecule has 2 nitrogen and oxygen atoms in total. The minimum Gasteiger partial charge on any atom is -0.456 e. The number of aromatic amines is 1. The molecular weight excluding hydrogens is 438 g/mol. The van der Waals surface area contributed by atoms with E-state index >= 15 is 0 Å². The third-order valence-corrected chi connectivity index (χ3v) is 7.42. The van der Waals surface area contributed by atoms with Crippen molar-refractivity contribution in [2.45, 2.75) is 0 Å². The van der Waals surface area contributed by atoms with E-state index in [0.29, 0.717) is 0 Å². The predicted octanol–water partition coefficient (Wildman–Crippen LogP) is 9.71. The highest BCUT2D eigenvalue weighted by Crippen LogP contribution is 2.38. The lowest BCUT2D eigenvalue weighted by Gasteiger charge is -2.08. The van der Waals surface area contributed by atoms with Crippen LogP contribution < -0.4 is 0 Å². The van der Waals surface area contributed by atoms with Crippen LogP contribution in [0.3, 0.4) is 0 Å². The topological polar surface area (TPSA) is 28.9 Å². The highest BCUT2D eigenvalue weighted by Gasteiger charge is 2.13. The maximum atomic E-state index is 6.04. The molecule has 2 aromatic heterocycles. The molecule has 1 N–H and O–H groups in total. The zero-order valence-corrected chi connectivity index (χ0v) is 19.5. The van der Waals surface area contributed by atoms with Gasteiger partial charge < -0.3 is 9.40 Å². The summed E-state index contributed by atoms with van der Waals surface area (Å²) in [7, 11) is 0. The highest BCUT2D eigenvalue weighted by molar-refractivity contribution is 6.19. The molecule has 36 heavy (non-hydrogen) atoms. The Hall–Kier alpha value is -4.82. The number of nitrogens with one attached hydrogen (secondary N) is 1. The number of H-pyrrole nitrogens is 1. The lowest BCUT2D eigenvalue weighted by Crippen LogP contribution is -1.83. The van der Waals surface area contributed by atoms with Crippen LogP contribution >= 0.6 is 0 Å². The molecule has 0 aliphatic rings. The lowest BCUT2D eigenvalue weighted by molar-refractivity contribution is 0.669. The Balaban J connectivity index is 1.32. The summed E-state index contributed by atoms with van der Waals surface area (Å²) in [6.07, 6.45) is 0. The Bertz CT molecular complexity index is 2110. The largest absolute Gasteiger partial charge is 0.456 e. The van der Waals surface area contributed by atoms with Crippen molar-refractivity contribution in [3.63, 3.8) is 0 Å². The summed E-state index contributed by atoms with van der Waals surface area (Å²) in [6, 6.07) is 43.2. The highest BCUT2D eigenvalue weighted by atomic mass is 16.3. The molecule has 8 aromatic rings. The van der Waals surface area contributed by atoms with Gasteiger partial charge in [-0.25, -0.2) is 0 Å². The van der Waals surface area contributed by atoms with E-state index in [1.54, 1.807) is 0 Å². The molecule has 0 amide bonds. The van der Waals surface area contributed by atoms with Gasteiger partial charge in [-0.3, -0.25) is 0 Å². The number of hydrogen-bond donors (Lipinski definition) is 1. The van der Waals surface area contributed by atoms with Gasteiger partial charge in [-0.05, 0) is 46.3 Å². The minimum atomic E-state index is 0.922. The maximum Gasteiger partial charge on any atom is 0.135 e. The van der Waals surface area contributed by atoms with Crippen LogP contribution in [0.2, 0.25) is 0 Å². The second kappa shape index (κ2) is 7.34. The smallest absolute Gasteiger partial charge is 0.135 e. The van der Waals surface area contributed by atoms with Gasteiger partial charge in [-0.15, -0.1) is 0 Å². The first-order chi connectivity index (χ1) is 17.8. The van der Waals surface area contributed by atoms with Crippen molar-refractivity contribution in [2.24, 2.45) is 0 Å². The Morgan fingerprint density at radius 1 is 0.417 bits per heavy atom. The summed E-state index contributed by atoms with van der Waals surface area (Å²) < 4.78 is 6.04. The van der Waals surface area contributed by atoms with Gasteiger partial charge in [-0.1, -0.05) is 97.1 Å². The fourth-order valence-corrected chi connectivity index (χ4v) is 5.68. The number of aromatic nitrogens is 1. The predicted molar refractivity (Wildman–Crippen MR) is 151 cm³/mol. The lowest BCUT2D eigenvalue weighted by atomic mass is 9.96. The Morgan fingerprint density at radius 3 is 2.11 bits per heavy atom. The summed E-state index contributed by atoms with van der Waals surface area (Å²) in [4.78, 5) is 3.78. The first-order valence-corrected chi connectivity index (χ1v) is 12.3. The molecule has 8 rings (SSSR count). The SMILES string of the molecule is c1cc(-c2ccc3oc4ccccc4c3c2)cc(-c2cccc3c2[nH]c2c4ccccc4ccc32)c1. The first kappa shape index (κ1) is 19.5. The fraction of sp³-hybridized carbons (Fsp3) is 0. The second-order valence-electron chi connectivity index (χ2n) is 9.45. The Kier molecular flexibility index (Phi) is 3.97. The van der Waals surface area contributed by atoms with Crippen molar-refractivity contribution in [1.82, 2.24) is 4.98 Å². The summed E-state index contributed by atoms with van der Waals surface area (Å²) in [5, 5.41) is 7.33. The molecule has 0 spiro atoms. The van der Waals surface area contributed by atoms with E-state index in [1.165, 1.54) is 54.8 Å². The molecule has 168 valence electrons. The van der Waals surface area contributed by atoms with E-state index in [2.05, 4.69) is 114 Å². The van der Waals surface area contributed by atoms with Crippen LogP contribution in [0.5, 0.6) is 0 Å². The number of hydrogen-bond acceptors (Lipinski definition) is 1.